The minimum absolute atomic E-state index is 0.279. The van der Waals surface area contributed by atoms with Crippen molar-refractivity contribution in [3.05, 3.63) is 0 Å². The lowest BCUT2D eigenvalue weighted by molar-refractivity contribution is -0.887. The van der Waals surface area contributed by atoms with Gasteiger partial charge in [0.2, 0.25) is 0 Å². The van der Waals surface area contributed by atoms with Gasteiger partial charge in [-0.2, -0.15) is 0 Å². The van der Waals surface area contributed by atoms with Gasteiger partial charge in [0.15, 0.2) is 0 Å². The predicted molar refractivity (Wildman–Crippen MR) is 63.4 cm³/mol. The Kier molecular flexibility index (Phi) is 5.09. The van der Waals surface area contributed by atoms with E-state index in [2.05, 4.69) is 52.9 Å². The predicted octanol–water partition coefficient (Wildman–Crippen LogP) is 3.20. The van der Waals surface area contributed by atoms with Crippen LogP contribution in [0.4, 0.5) is 0 Å². The largest absolute Gasteiger partial charge is 0.328 e. The van der Waals surface area contributed by atoms with Crippen LogP contribution in [0, 0.1) is 0 Å². The molecule has 74 valence electrons. The highest BCUT2D eigenvalue weighted by molar-refractivity contribution is 9.13. The molecule has 0 aliphatic carbocycles. The number of rotatable bonds is 4. The van der Waals surface area contributed by atoms with Gasteiger partial charge in [0.25, 0.3) is 0 Å². The van der Waals surface area contributed by atoms with Crippen LogP contribution < -0.4 is 0 Å². The number of nitrogens with zero attached hydrogens (tertiary/aromatic N) is 1. The Bertz CT molecular complexity index is 142. The summed E-state index contributed by atoms with van der Waals surface area (Å²) in [5.41, 5.74) is 0. The van der Waals surface area contributed by atoms with E-state index in [4.69, 9.17) is 11.6 Å². The maximum atomic E-state index is 6.11. The molecule has 1 nitrogen and oxygen atoms in total. The molecule has 0 N–H and O–H groups in total. The van der Waals surface area contributed by atoms with E-state index < -0.39 is 0 Å². The molecule has 0 radical (unpaired) electrons. The van der Waals surface area contributed by atoms with Crippen LogP contribution in [0.25, 0.3) is 0 Å². The molecule has 0 amide bonds. The Morgan fingerprint density at radius 2 is 1.92 bits per heavy atom. The minimum atomic E-state index is -0.350. The van der Waals surface area contributed by atoms with Crippen LogP contribution in [0.3, 0.4) is 0 Å². The smallest absolute Gasteiger partial charge is 0.114 e. The molecule has 12 heavy (non-hydrogen) atoms. The fourth-order valence-corrected chi connectivity index (χ4v) is 1.72. The molecule has 0 aromatic rings. The Hall–Kier alpha value is 1.21. The van der Waals surface area contributed by atoms with Gasteiger partial charge in [-0.05, 0) is 13.8 Å². The van der Waals surface area contributed by atoms with E-state index in [1.165, 1.54) is 0 Å². The first-order valence-electron chi connectivity index (χ1n) is 4.03. The number of halogens is 3. The molecule has 0 saturated heterocycles. The molecule has 0 aliphatic rings. The summed E-state index contributed by atoms with van der Waals surface area (Å²) in [4.78, 5) is 0.279. The van der Waals surface area contributed by atoms with Crippen molar-refractivity contribution in [2.75, 3.05) is 27.2 Å². The second-order valence-electron chi connectivity index (χ2n) is 3.86. The summed E-state index contributed by atoms with van der Waals surface area (Å²) in [6, 6.07) is 0. The van der Waals surface area contributed by atoms with Gasteiger partial charge in [-0.25, -0.2) is 0 Å². The molecular weight excluding hydrogens is 305 g/mol. The third-order valence-corrected chi connectivity index (χ3v) is 4.96. The fourth-order valence-electron chi connectivity index (χ4n) is 0.723. The zero-order valence-corrected chi connectivity index (χ0v) is 12.0. The van der Waals surface area contributed by atoms with E-state index in [1.54, 1.807) is 0 Å². The van der Waals surface area contributed by atoms with Crippen molar-refractivity contribution in [1.29, 1.82) is 0 Å². The number of hydrogen-bond donors (Lipinski definition) is 0. The summed E-state index contributed by atoms with van der Waals surface area (Å²) >= 11 is 13.1. The van der Waals surface area contributed by atoms with Crippen molar-refractivity contribution in [2.24, 2.45) is 0 Å². The van der Waals surface area contributed by atoms with Gasteiger partial charge < -0.3 is 4.48 Å². The van der Waals surface area contributed by atoms with Gasteiger partial charge in [0.05, 0.1) is 32.0 Å². The Morgan fingerprint density at radius 1 is 1.50 bits per heavy atom. The van der Waals surface area contributed by atoms with E-state index in [0.717, 1.165) is 17.6 Å². The first-order chi connectivity index (χ1) is 5.19. The summed E-state index contributed by atoms with van der Waals surface area (Å²) in [7, 11) is 4.40. The van der Waals surface area contributed by atoms with Crippen LogP contribution in [-0.2, 0) is 0 Å². The molecule has 2 atom stereocenters. The average molecular weight is 322 g/mol. The molecule has 0 fully saturated rings. The molecule has 0 rings (SSSR count). The zero-order valence-electron chi connectivity index (χ0n) is 8.07. The molecule has 0 bridgehead atoms. The van der Waals surface area contributed by atoms with Gasteiger partial charge in [-0.3, -0.25) is 0 Å². The van der Waals surface area contributed by atoms with Crippen LogP contribution in [0.5, 0.6) is 0 Å². The van der Waals surface area contributed by atoms with E-state index in [1.807, 2.05) is 6.92 Å². The van der Waals surface area contributed by atoms with Crippen molar-refractivity contribution in [3.8, 4) is 0 Å². The van der Waals surface area contributed by atoms with Crippen LogP contribution in [0.15, 0.2) is 0 Å². The second kappa shape index (κ2) is 4.63. The summed E-state index contributed by atoms with van der Waals surface area (Å²) < 4.78 is 0.627. The minimum Gasteiger partial charge on any atom is -0.328 e. The molecular formula is C8H17Br2ClN+. The van der Waals surface area contributed by atoms with Crippen LogP contribution in [0.1, 0.15) is 13.8 Å². The monoisotopic (exact) mass is 320 g/mol. The topological polar surface area (TPSA) is 0 Å². The Balaban J connectivity index is 4.09. The third-order valence-electron chi connectivity index (χ3n) is 2.06. The van der Waals surface area contributed by atoms with Crippen molar-refractivity contribution < 1.29 is 4.48 Å². The molecule has 0 spiro atoms. The zero-order chi connectivity index (χ0) is 9.99. The summed E-state index contributed by atoms with van der Waals surface area (Å²) in [6.45, 7) is 6.27. The molecule has 0 aromatic heterocycles. The SMILES string of the molecule is CC[N+](C)(C)CC(Br)C(C)(Cl)Br. The van der Waals surface area contributed by atoms with Crippen molar-refractivity contribution in [2.45, 2.75) is 22.5 Å². The highest BCUT2D eigenvalue weighted by Gasteiger charge is 2.32. The fraction of sp³-hybridized carbons (Fsp3) is 1.00. The number of alkyl halides is 3. The molecule has 0 saturated carbocycles. The summed E-state index contributed by atoms with van der Waals surface area (Å²) in [5.74, 6) is 0. The van der Waals surface area contributed by atoms with E-state index in [9.17, 15) is 0 Å². The van der Waals surface area contributed by atoms with Gasteiger partial charge >= 0.3 is 0 Å². The van der Waals surface area contributed by atoms with Crippen molar-refractivity contribution >= 4 is 43.5 Å². The lowest BCUT2D eigenvalue weighted by atomic mass is 10.3. The number of quaternary nitrogens is 1. The molecule has 2 unspecified atom stereocenters. The second-order valence-corrected chi connectivity index (χ2v) is 7.85. The standard InChI is InChI=1S/C8H17Br2ClN/c1-5-12(3,4)6-7(9)8(2,10)11/h7H,5-6H2,1-4H3/q+1. The first kappa shape index (κ1) is 13.2. The molecule has 0 aliphatic heterocycles. The highest BCUT2D eigenvalue weighted by Crippen LogP contribution is 2.33. The van der Waals surface area contributed by atoms with Crippen LogP contribution in [-0.4, -0.2) is 40.3 Å². The van der Waals surface area contributed by atoms with E-state index >= 15 is 0 Å². The quantitative estimate of drug-likeness (QED) is 0.551. The third kappa shape index (κ3) is 5.05. The van der Waals surface area contributed by atoms with Crippen LogP contribution >= 0.6 is 43.5 Å². The normalized spacial score (nSPS) is 20.2. The highest BCUT2D eigenvalue weighted by atomic mass is 79.9. The molecule has 0 heterocycles. The average Bonchev–Trinajstić information content (AvgIpc) is 1.85. The first-order valence-corrected chi connectivity index (χ1v) is 6.11. The van der Waals surface area contributed by atoms with Crippen molar-refractivity contribution in [1.82, 2.24) is 0 Å². The lowest BCUT2D eigenvalue weighted by Crippen LogP contribution is -2.47. The lowest BCUT2D eigenvalue weighted by Gasteiger charge is -2.33. The summed E-state index contributed by atoms with van der Waals surface area (Å²) in [5, 5.41) is 0. The van der Waals surface area contributed by atoms with E-state index in [-0.39, 0.29) is 8.61 Å². The van der Waals surface area contributed by atoms with Gasteiger partial charge in [0.1, 0.15) is 3.78 Å². The Labute approximate surface area is 97.3 Å². The number of hydrogen-bond acceptors (Lipinski definition) is 0. The Morgan fingerprint density at radius 3 is 2.17 bits per heavy atom. The van der Waals surface area contributed by atoms with Crippen molar-refractivity contribution in [3.63, 3.8) is 0 Å². The maximum Gasteiger partial charge on any atom is 0.114 e. The van der Waals surface area contributed by atoms with E-state index in [0.29, 0.717) is 0 Å². The van der Waals surface area contributed by atoms with Gasteiger partial charge in [-0.1, -0.05) is 31.9 Å². The molecule has 0 aromatic carbocycles. The maximum absolute atomic E-state index is 6.11. The van der Waals surface area contributed by atoms with Crippen LogP contribution in [0.2, 0.25) is 0 Å². The van der Waals surface area contributed by atoms with Gasteiger partial charge in [-0.15, -0.1) is 11.6 Å². The molecule has 4 heteroatoms. The summed E-state index contributed by atoms with van der Waals surface area (Å²) in [6.07, 6.45) is 0. The van der Waals surface area contributed by atoms with Gasteiger partial charge in [0, 0.05) is 0 Å².